The summed E-state index contributed by atoms with van der Waals surface area (Å²) in [5, 5.41) is 0.563. The van der Waals surface area contributed by atoms with Crippen LogP contribution in [0.1, 0.15) is 16.7 Å². The lowest BCUT2D eigenvalue weighted by Crippen LogP contribution is -2.20. The summed E-state index contributed by atoms with van der Waals surface area (Å²) in [5.41, 5.74) is 8.94. The zero-order valence-corrected chi connectivity index (χ0v) is 12.3. The summed E-state index contributed by atoms with van der Waals surface area (Å²) in [5.74, 6) is 0.00225. The third-order valence-electron chi connectivity index (χ3n) is 3.49. The van der Waals surface area contributed by atoms with Gasteiger partial charge in [-0.2, -0.15) is 0 Å². The van der Waals surface area contributed by atoms with Crippen LogP contribution in [0.5, 0.6) is 0 Å². The van der Waals surface area contributed by atoms with Crippen molar-refractivity contribution in [1.82, 2.24) is 0 Å². The first-order valence-electron chi connectivity index (χ1n) is 6.78. The molecule has 2 aromatic carbocycles. The largest absolute Gasteiger partial charge is 0.330 e. The standard InChI is InChI=1S/C17H19ClFN/c1-12-2-4-13(5-3-12)8-14(11-20)9-15-10-16(18)6-7-17(15)19/h2-7,10,14H,8-9,11,20H2,1H3. The molecule has 0 spiro atoms. The van der Waals surface area contributed by atoms with Crippen LogP contribution in [0, 0.1) is 18.7 Å². The van der Waals surface area contributed by atoms with Gasteiger partial charge in [0.1, 0.15) is 5.82 Å². The molecule has 0 fully saturated rings. The zero-order chi connectivity index (χ0) is 14.5. The molecule has 0 saturated carbocycles. The average molecular weight is 292 g/mol. The van der Waals surface area contributed by atoms with Gasteiger partial charge in [-0.3, -0.25) is 0 Å². The predicted octanol–water partition coefficient (Wildman–Crippen LogP) is 4.15. The molecule has 0 aliphatic heterocycles. The molecule has 2 rings (SSSR count). The molecule has 0 bridgehead atoms. The molecule has 0 heterocycles. The Morgan fingerprint density at radius 3 is 2.45 bits per heavy atom. The van der Waals surface area contributed by atoms with Crippen LogP contribution in [-0.4, -0.2) is 6.54 Å². The third kappa shape index (κ3) is 4.06. The van der Waals surface area contributed by atoms with E-state index in [1.165, 1.54) is 17.2 Å². The van der Waals surface area contributed by atoms with Gasteiger partial charge in [0, 0.05) is 5.02 Å². The maximum Gasteiger partial charge on any atom is 0.126 e. The van der Waals surface area contributed by atoms with E-state index in [4.69, 9.17) is 17.3 Å². The number of hydrogen-bond donors (Lipinski definition) is 1. The SMILES string of the molecule is Cc1ccc(CC(CN)Cc2cc(Cl)ccc2F)cc1. The van der Waals surface area contributed by atoms with Crippen LogP contribution in [0.2, 0.25) is 5.02 Å². The minimum absolute atomic E-state index is 0.211. The van der Waals surface area contributed by atoms with Crippen molar-refractivity contribution in [2.45, 2.75) is 19.8 Å². The normalized spacial score (nSPS) is 12.4. The van der Waals surface area contributed by atoms with Gasteiger partial charge in [-0.05, 0) is 61.6 Å². The molecule has 106 valence electrons. The fraction of sp³-hybridized carbons (Fsp3) is 0.294. The Hall–Kier alpha value is -1.38. The van der Waals surface area contributed by atoms with Crippen LogP contribution >= 0.6 is 11.6 Å². The number of halogens is 2. The first-order chi connectivity index (χ1) is 9.58. The molecule has 2 N–H and O–H groups in total. The third-order valence-corrected chi connectivity index (χ3v) is 3.73. The number of nitrogens with two attached hydrogens (primary N) is 1. The van der Waals surface area contributed by atoms with Crippen molar-refractivity contribution >= 4 is 11.6 Å². The van der Waals surface area contributed by atoms with Crippen molar-refractivity contribution in [3.05, 3.63) is 70.0 Å². The van der Waals surface area contributed by atoms with Crippen molar-refractivity contribution in [3.63, 3.8) is 0 Å². The Morgan fingerprint density at radius 1 is 1.10 bits per heavy atom. The van der Waals surface area contributed by atoms with Gasteiger partial charge in [0.05, 0.1) is 0 Å². The molecule has 0 aliphatic carbocycles. The lowest BCUT2D eigenvalue weighted by molar-refractivity contribution is 0.512. The number of aryl methyl sites for hydroxylation is 1. The molecule has 0 aliphatic rings. The second-order valence-electron chi connectivity index (χ2n) is 5.23. The number of hydrogen-bond acceptors (Lipinski definition) is 1. The molecular weight excluding hydrogens is 273 g/mol. The monoisotopic (exact) mass is 291 g/mol. The van der Waals surface area contributed by atoms with Crippen molar-refractivity contribution in [1.29, 1.82) is 0 Å². The predicted molar refractivity (Wildman–Crippen MR) is 82.5 cm³/mol. The molecule has 1 nitrogen and oxygen atoms in total. The molecule has 20 heavy (non-hydrogen) atoms. The Labute approximate surface area is 124 Å². The molecule has 2 aromatic rings. The van der Waals surface area contributed by atoms with Gasteiger partial charge in [-0.25, -0.2) is 4.39 Å². The molecular formula is C17H19ClFN. The molecule has 0 aromatic heterocycles. The maximum absolute atomic E-state index is 13.8. The summed E-state index contributed by atoms with van der Waals surface area (Å²) in [6.45, 7) is 2.59. The molecule has 0 radical (unpaired) electrons. The van der Waals surface area contributed by atoms with Gasteiger partial charge in [0.2, 0.25) is 0 Å². The van der Waals surface area contributed by atoms with E-state index in [-0.39, 0.29) is 11.7 Å². The van der Waals surface area contributed by atoms with E-state index in [0.717, 1.165) is 6.42 Å². The molecule has 1 atom stereocenters. The van der Waals surface area contributed by atoms with Gasteiger partial charge in [-0.1, -0.05) is 41.4 Å². The highest BCUT2D eigenvalue weighted by Crippen LogP contribution is 2.20. The van der Waals surface area contributed by atoms with Crippen LogP contribution in [-0.2, 0) is 12.8 Å². The fourth-order valence-corrected chi connectivity index (χ4v) is 2.50. The van der Waals surface area contributed by atoms with E-state index in [1.54, 1.807) is 12.1 Å². The number of benzene rings is 2. The second-order valence-corrected chi connectivity index (χ2v) is 5.67. The fourth-order valence-electron chi connectivity index (χ4n) is 2.31. The highest BCUT2D eigenvalue weighted by Gasteiger charge is 2.12. The molecule has 3 heteroatoms. The Bertz CT molecular complexity index is 566. The summed E-state index contributed by atoms with van der Waals surface area (Å²) in [7, 11) is 0. The summed E-state index contributed by atoms with van der Waals surface area (Å²) >= 11 is 5.92. The second kappa shape index (κ2) is 6.87. The average Bonchev–Trinajstić information content (AvgIpc) is 2.44. The highest BCUT2D eigenvalue weighted by molar-refractivity contribution is 6.30. The van der Waals surface area contributed by atoms with E-state index >= 15 is 0 Å². The lowest BCUT2D eigenvalue weighted by Gasteiger charge is -2.16. The summed E-state index contributed by atoms with van der Waals surface area (Å²) in [6.07, 6.45) is 1.46. The summed E-state index contributed by atoms with van der Waals surface area (Å²) in [6, 6.07) is 13.0. The molecule has 1 unspecified atom stereocenters. The van der Waals surface area contributed by atoms with E-state index < -0.39 is 0 Å². The van der Waals surface area contributed by atoms with Gasteiger partial charge < -0.3 is 5.73 Å². The van der Waals surface area contributed by atoms with E-state index in [9.17, 15) is 4.39 Å². The van der Waals surface area contributed by atoms with Crippen molar-refractivity contribution < 1.29 is 4.39 Å². The lowest BCUT2D eigenvalue weighted by atomic mass is 9.92. The van der Waals surface area contributed by atoms with Crippen LogP contribution in [0.15, 0.2) is 42.5 Å². The van der Waals surface area contributed by atoms with Gasteiger partial charge in [0.15, 0.2) is 0 Å². The van der Waals surface area contributed by atoms with Crippen LogP contribution < -0.4 is 5.73 Å². The quantitative estimate of drug-likeness (QED) is 0.880. The maximum atomic E-state index is 13.8. The minimum Gasteiger partial charge on any atom is -0.330 e. The molecule has 0 saturated heterocycles. The first-order valence-corrected chi connectivity index (χ1v) is 7.16. The van der Waals surface area contributed by atoms with Gasteiger partial charge in [-0.15, -0.1) is 0 Å². The van der Waals surface area contributed by atoms with E-state index in [0.29, 0.717) is 23.6 Å². The van der Waals surface area contributed by atoms with Crippen molar-refractivity contribution in [2.75, 3.05) is 6.54 Å². The number of rotatable bonds is 5. The first kappa shape index (κ1) is 15.0. The van der Waals surface area contributed by atoms with Crippen molar-refractivity contribution in [3.8, 4) is 0 Å². The van der Waals surface area contributed by atoms with Crippen LogP contribution in [0.4, 0.5) is 4.39 Å². The van der Waals surface area contributed by atoms with Gasteiger partial charge >= 0.3 is 0 Å². The van der Waals surface area contributed by atoms with Crippen LogP contribution in [0.25, 0.3) is 0 Å². The minimum atomic E-state index is -0.211. The Morgan fingerprint density at radius 2 is 1.80 bits per heavy atom. The Balaban J connectivity index is 2.08. The highest BCUT2D eigenvalue weighted by atomic mass is 35.5. The Kier molecular flexibility index (Phi) is 5.16. The van der Waals surface area contributed by atoms with Gasteiger partial charge in [0.25, 0.3) is 0 Å². The zero-order valence-electron chi connectivity index (χ0n) is 11.6. The summed E-state index contributed by atoms with van der Waals surface area (Å²) in [4.78, 5) is 0. The molecule has 0 amide bonds. The van der Waals surface area contributed by atoms with E-state index in [2.05, 4.69) is 31.2 Å². The van der Waals surface area contributed by atoms with E-state index in [1.807, 2.05) is 0 Å². The topological polar surface area (TPSA) is 26.0 Å². The van der Waals surface area contributed by atoms with Crippen molar-refractivity contribution in [2.24, 2.45) is 11.7 Å². The summed E-state index contributed by atoms with van der Waals surface area (Å²) < 4.78 is 13.8. The smallest absolute Gasteiger partial charge is 0.126 e. The van der Waals surface area contributed by atoms with Crippen LogP contribution in [0.3, 0.4) is 0 Å².